The predicted octanol–water partition coefficient (Wildman–Crippen LogP) is 5.31. The second kappa shape index (κ2) is 8.24. The van der Waals surface area contributed by atoms with E-state index in [0.29, 0.717) is 11.8 Å². The Labute approximate surface area is 129 Å². The van der Waals surface area contributed by atoms with Crippen molar-refractivity contribution >= 4 is 19.8 Å². The van der Waals surface area contributed by atoms with Gasteiger partial charge in [0, 0.05) is 0 Å². The Morgan fingerprint density at radius 1 is 0.900 bits per heavy atom. The Morgan fingerprint density at radius 2 is 1.35 bits per heavy atom. The van der Waals surface area contributed by atoms with Gasteiger partial charge in [-0.2, -0.15) is 0 Å². The summed E-state index contributed by atoms with van der Waals surface area (Å²) in [5.41, 5.74) is 1.52. The van der Waals surface area contributed by atoms with Crippen molar-refractivity contribution in [3.05, 3.63) is 11.3 Å². The fourth-order valence-electron chi connectivity index (χ4n) is 3.96. The molecule has 0 heterocycles. The molecular weight excluding hydrogens is 315 g/mol. The monoisotopic (exact) mass is 344 g/mol. The van der Waals surface area contributed by atoms with Gasteiger partial charge in [0.25, 0.3) is 0 Å². The molecule has 0 bridgehead atoms. The Morgan fingerprint density at radius 3 is 1.75 bits per heavy atom. The topological polar surface area (TPSA) is 26.3 Å². The third kappa shape index (κ3) is 4.36. The molecule has 2 rings (SSSR count). The van der Waals surface area contributed by atoms with Crippen LogP contribution in [0.1, 0.15) is 71.1 Å². The summed E-state index contributed by atoms with van der Waals surface area (Å²) in [5.74, 6) is 4.26. The molecule has 0 N–H and O–H groups in total. The molecule has 0 spiro atoms. The molecule has 0 saturated heterocycles. The van der Waals surface area contributed by atoms with Crippen LogP contribution in [-0.4, -0.2) is 19.8 Å². The maximum absolute atomic E-state index is 11.7. The summed E-state index contributed by atoms with van der Waals surface area (Å²) in [5, 5.41) is 0. The van der Waals surface area contributed by atoms with E-state index in [0.717, 1.165) is 5.76 Å². The van der Waals surface area contributed by atoms with Crippen LogP contribution >= 0.6 is 0 Å². The Hall–Kier alpha value is -0.271. The standard InChI is InChI=1S/C17H28O2Se/c1-13(19-17(18)20-2)16(14-9-5-3-6-10-14)15-11-7-4-8-12-15/h14-15H,3-12H2,1-2H3. The zero-order chi connectivity index (χ0) is 14.4. The van der Waals surface area contributed by atoms with Crippen LogP contribution in [0, 0.1) is 11.8 Å². The SMILES string of the molecule is C[Se]C(=O)OC(C)=C(C1CCCCC1)C1CCCCC1. The number of ether oxygens (including phenoxy) is 1. The number of carbonyl (C=O) groups excluding carboxylic acids is 1. The number of hydrogen-bond acceptors (Lipinski definition) is 2. The van der Waals surface area contributed by atoms with E-state index in [9.17, 15) is 4.79 Å². The first-order valence-electron chi connectivity index (χ1n) is 8.19. The summed E-state index contributed by atoms with van der Waals surface area (Å²) in [4.78, 5) is 11.6. The van der Waals surface area contributed by atoms with Crippen LogP contribution in [0.5, 0.6) is 0 Å². The average Bonchev–Trinajstić information content (AvgIpc) is 2.49. The molecule has 0 aliphatic heterocycles. The maximum atomic E-state index is 11.7. The van der Waals surface area contributed by atoms with E-state index >= 15 is 0 Å². The molecule has 2 nitrogen and oxygen atoms in total. The van der Waals surface area contributed by atoms with Crippen LogP contribution in [0.3, 0.4) is 0 Å². The molecule has 0 aromatic rings. The van der Waals surface area contributed by atoms with Gasteiger partial charge in [0.05, 0.1) is 0 Å². The molecule has 0 aromatic heterocycles. The molecule has 2 saturated carbocycles. The molecule has 0 unspecified atom stereocenters. The van der Waals surface area contributed by atoms with Gasteiger partial charge >= 0.3 is 129 Å². The van der Waals surface area contributed by atoms with Gasteiger partial charge in [-0.25, -0.2) is 0 Å². The molecule has 114 valence electrons. The predicted molar refractivity (Wildman–Crippen MR) is 83.9 cm³/mol. The summed E-state index contributed by atoms with van der Waals surface area (Å²) in [6.45, 7) is 2.04. The third-order valence-electron chi connectivity index (χ3n) is 4.90. The first-order valence-corrected chi connectivity index (χ1v) is 10.8. The normalized spacial score (nSPS) is 21.5. The number of rotatable bonds is 4. The Kier molecular flexibility index (Phi) is 6.64. The Balaban J connectivity index is 2.16. The van der Waals surface area contributed by atoms with E-state index < -0.39 is 0 Å². The van der Waals surface area contributed by atoms with Crippen molar-refractivity contribution in [1.82, 2.24) is 0 Å². The minimum absolute atomic E-state index is 0.0147. The Bertz CT molecular complexity index is 330. The first-order chi connectivity index (χ1) is 9.72. The van der Waals surface area contributed by atoms with Gasteiger partial charge in [-0.3, -0.25) is 0 Å². The number of carbonyl (C=O) groups is 1. The molecule has 0 aromatic carbocycles. The average molecular weight is 343 g/mol. The van der Waals surface area contributed by atoms with E-state index in [-0.39, 0.29) is 19.8 Å². The van der Waals surface area contributed by atoms with Crippen LogP contribution in [0.15, 0.2) is 11.3 Å². The van der Waals surface area contributed by atoms with Crippen LogP contribution < -0.4 is 0 Å². The van der Waals surface area contributed by atoms with E-state index in [4.69, 9.17) is 4.74 Å². The molecule has 3 heteroatoms. The van der Waals surface area contributed by atoms with E-state index in [2.05, 4.69) is 0 Å². The van der Waals surface area contributed by atoms with E-state index in [1.807, 2.05) is 12.7 Å². The molecule has 20 heavy (non-hydrogen) atoms. The summed E-state index contributed by atoms with van der Waals surface area (Å²) in [6, 6.07) is 0. The first kappa shape index (κ1) is 16.1. The molecule has 0 atom stereocenters. The van der Waals surface area contributed by atoms with Gasteiger partial charge in [-0.1, -0.05) is 0 Å². The van der Waals surface area contributed by atoms with Crippen LogP contribution in [0.4, 0.5) is 4.79 Å². The minimum atomic E-state index is -0.0501. The zero-order valence-corrected chi connectivity index (χ0v) is 14.7. The van der Waals surface area contributed by atoms with Crippen LogP contribution in [-0.2, 0) is 4.74 Å². The van der Waals surface area contributed by atoms with Crippen molar-refractivity contribution in [2.45, 2.75) is 77.0 Å². The van der Waals surface area contributed by atoms with E-state index in [1.165, 1.54) is 69.8 Å². The number of hydrogen-bond donors (Lipinski definition) is 0. The van der Waals surface area contributed by atoms with Crippen molar-refractivity contribution in [2.24, 2.45) is 11.8 Å². The zero-order valence-electron chi connectivity index (χ0n) is 13.0. The van der Waals surface area contributed by atoms with Crippen molar-refractivity contribution in [3.8, 4) is 0 Å². The molecule has 0 amide bonds. The second-order valence-corrected chi connectivity index (χ2v) is 7.79. The van der Waals surface area contributed by atoms with Crippen molar-refractivity contribution in [2.75, 3.05) is 0 Å². The molecular formula is C17H28O2Se. The summed E-state index contributed by atoms with van der Waals surface area (Å²) in [6.07, 6.45) is 13.4. The second-order valence-electron chi connectivity index (χ2n) is 6.24. The number of allylic oxidation sites excluding steroid dienone is 2. The van der Waals surface area contributed by atoms with Gasteiger partial charge in [-0.05, 0) is 0 Å². The van der Waals surface area contributed by atoms with Gasteiger partial charge in [-0.15, -0.1) is 0 Å². The van der Waals surface area contributed by atoms with Crippen molar-refractivity contribution in [3.63, 3.8) is 0 Å². The summed E-state index contributed by atoms with van der Waals surface area (Å²) in [7, 11) is 0. The fraction of sp³-hybridized carbons (Fsp3) is 0.824. The summed E-state index contributed by atoms with van der Waals surface area (Å²) < 4.78 is 5.64. The fourth-order valence-corrected chi connectivity index (χ4v) is 4.40. The molecule has 2 aliphatic carbocycles. The van der Waals surface area contributed by atoms with E-state index in [1.54, 1.807) is 0 Å². The molecule has 0 radical (unpaired) electrons. The van der Waals surface area contributed by atoms with Gasteiger partial charge in [0.1, 0.15) is 0 Å². The summed E-state index contributed by atoms with van der Waals surface area (Å²) >= 11 is -0.0501. The van der Waals surface area contributed by atoms with Gasteiger partial charge in [0.15, 0.2) is 0 Å². The van der Waals surface area contributed by atoms with Gasteiger partial charge < -0.3 is 0 Å². The quantitative estimate of drug-likeness (QED) is 0.511. The van der Waals surface area contributed by atoms with Crippen LogP contribution in [0.25, 0.3) is 0 Å². The molecule has 2 aliphatic rings. The molecule has 2 fully saturated rings. The van der Waals surface area contributed by atoms with Crippen molar-refractivity contribution in [1.29, 1.82) is 0 Å². The van der Waals surface area contributed by atoms with Crippen molar-refractivity contribution < 1.29 is 9.53 Å². The van der Waals surface area contributed by atoms with Gasteiger partial charge in [0.2, 0.25) is 0 Å². The van der Waals surface area contributed by atoms with Crippen LogP contribution in [0.2, 0.25) is 5.82 Å². The third-order valence-corrected chi connectivity index (χ3v) is 5.77.